The molecule has 0 aliphatic carbocycles. The first-order valence-electron chi connectivity index (χ1n) is 13.3. The maximum absolute atomic E-state index is 13.3. The molecule has 0 spiro atoms. The van der Waals surface area contributed by atoms with Crippen molar-refractivity contribution in [2.45, 2.75) is 39.5 Å². The summed E-state index contributed by atoms with van der Waals surface area (Å²) >= 11 is 0. The Morgan fingerprint density at radius 1 is 0.925 bits per heavy atom. The van der Waals surface area contributed by atoms with Gasteiger partial charge in [-0.2, -0.15) is 0 Å². The van der Waals surface area contributed by atoms with Gasteiger partial charge in [0.05, 0.1) is 31.0 Å². The largest absolute Gasteiger partial charge is 0.507 e. The zero-order chi connectivity index (χ0) is 28.1. The molecule has 1 aliphatic heterocycles. The van der Waals surface area contributed by atoms with Gasteiger partial charge in [0.15, 0.2) is 0 Å². The fraction of sp³-hybridized carbons (Fsp3) is 0.212. The number of ether oxygens (including phenoxy) is 2. The van der Waals surface area contributed by atoms with Crippen molar-refractivity contribution in [1.82, 2.24) is 4.90 Å². The molecule has 40 heavy (non-hydrogen) atoms. The Bertz CT molecular complexity index is 1500. The maximum Gasteiger partial charge on any atom is 0.296 e. The zero-order valence-electron chi connectivity index (χ0n) is 22.5. The smallest absolute Gasteiger partial charge is 0.296 e. The van der Waals surface area contributed by atoms with E-state index in [2.05, 4.69) is 6.07 Å². The van der Waals surface area contributed by atoms with Crippen LogP contribution in [-0.2, 0) is 22.7 Å². The molecule has 204 valence electrons. The highest BCUT2D eigenvalue weighted by atomic mass is 16.5. The van der Waals surface area contributed by atoms with Gasteiger partial charge in [-0.1, -0.05) is 48.9 Å². The molecule has 1 amide bonds. The fourth-order valence-corrected chi connectivity index (χ4v) is 4.76. The van der Waals surface area contributed by atoms with Crippen LogP contribution in [0.2, 0.25) is 0 Å². The number of aryl methyl sites for hydroxylation is 1. The maximum atomic E-state index is 13.3. The highest BCUT2D eigenvalue weighted by Crippen LogP contribution is 2.41. The SMILES string of the molecule is CCCOc1ccc([C@H]2C(=C(O)c3ccc(OCc4cccc(C)c4)cc3)C(=O)C(=O)N2Cc2ccco2)cc1. The number of aliphatic hydroxyl groups excluding tert-OH is 1. The average Bonchev–Trinajstić information content (AvgIpc) is 3.58. The summed E-state index contributed by atoms with van der Waals surface area (Å²) in [5.74, 6) is 0.143. The topological polar surface area (TPSA) is 89.2 Å². The van der Waals surface area contributed by atoms with Crippen LogP contribution in [-0.4, -0.2) is 28.3 Å². The number of aliphatic hydroxyl groups is 1. The monoisotopic (exact) mass is 537 g/mol. The second-order valence-corrected chi connectivity index (χ2v) is 9.73. The van der Waals surface area contributed by atoms with E-state index in [9.17, 15) is 14.7 Å². The standard InChI is InChI=1S/C33H31NO6/c1-3-17-38-26-13-9-24(10-14-26)30-29(32(36)33(37)34(30)20-28-8-5-18-39-28)31(35)25-11-15-27(16-12-25)40-21-23-7-4-6-22(2)19-23/h4-16,18-19,30,35H,3,17,20-21H2,1-2H3/t30-/m0/s1. The number of carbonyl (C=O) groups is 2. The molecule has 2 heterocycles. The Labute approximate surface area is 233 Å². The minimum atomic E-state index is -0.803. The summed E-state index contributed by atoms with van der Waals surface area (Å²) < 4.78 is 17.1. The van der Waals surface area contributed by atoms with Crippen molar-refractivity contribution in [3.8, 4) is 11.5 Å². The molecule has 1 saturated heterocycles. The summed E-state index contributed by atoms with van der Waals surface area (Å²) in [4.78, 5) is 28.0. The summed E-state index contributed by atoms with van der Waals surface area (Å²) in [7, 11) is 0. The molecule has 7 nitrogen and oxygen atoms in total. The Kier molecular flexibility index (Phi) is 8.01. The third-order valence-electron chi connectivity index (χ3n) is 6.73. The third kappa shape index (κ3) is 5.78. The zero-order valence-corrected chi connectivity index (χ0v) is 22.5. The molecule has 0 unspecified atom stereocenters. The molecule has 0 saturated carbocycles. The summed E-state index contributed by atoms with van der Waals surface area (Å²) in [6.07, 6.45) is 2.39. The highest BCUT2D eigenvalue weighted by Gasteiger charge is 2.46. The van der Waals surface area contributed by atoms with Gasteiger partial charge in [-0.3, -0.25) is 9.59 Å². The van der Waals surface area contributed by atoms with Gasteiger partial charge >= 0.3 is 0 Å². The molecule has 1 atom stereocenters. The summed E-state index contributed by atoms with van der Waals surface area (Å²) in [6.45, 7) is 5.13. The molecule has 5 rings (SSSR count). The molecule has 4 aromatic rings. The van der Waals surface area contributed by atoms with Crippen LogP contribution in [0.5, 0.6) is 11.5 Å². The first-order valence-corrected chi connectivity index (χ1v) is 13.3. The minimum Gasteiger partial charge on any atom is -0.507 e. The number of ketones is 1. The van der Waals surface area contributed by atoms with Gasteiger partial charge in [0.25, 0.3) is 11.7 Å². The van der Waals surface area contributed by atoms with Crippen molar-refractivity contribution < 1.29 is 28.6 Å². The normalized spacial score (nSPS) is 16.4. The molecule has 0 bridgehead atoms. The van der Waals surface area contributed by atoms with Crippen LogP contribution in [0.15, 0.2) is 101 Å². The number of carbonyl (C=O) groups excluding carboxylic acids is 2. The van der Waals surface area contributed by atoms with Crippen LogP contribution in [0, 0.1) is 6.92 Å². The quantitative estimate of drug-likeness (QED) is 0.140. The second-order valence-electron chi connectivity index (χ2n) is 9.73. The molecule has 1 aromatic heterocycles. The summed E-state index contributed by atoms with van der Waals surface area (Å²) in [5, 5.41) is 11.4. The Morgan fingerprint density at radius 3 is 2.33 bits per heavy atom. The van der Waals surface area contributed by atoms with Gasteiger partial charge in [-0.25, -0.2) is 0 Å². The number of likely N-dealkylation sites (tertiary alicyclic amines) is 1. The lowest BCUT2D eigenvalue weighted by molar-refractivity contribution is -0.140. The van der Waals surface area contributed by atoms with Gasteiger partial charge in [0, 0.05) is 5.56 Å². The first-order chi connectivity index (χ1) is 19.4. The molecule has 1 N–H and O–H groups in total. The van der Waals surface area contributed by atoms with Crippen LogP contribution < -0.4 is 9.47 Å². The van der Waals surface area contributed by atoms with E-state index in [1.165, 1.54) is 11.2 Å². The summed E-state index contributed by atoms with van der Waals surface area (Å²) in [5.41, 5.74) is 3.31. The molecular formula is C33H31NO6. The van der Waals surface area contributed by atoms with Crippen molar-refractivity contribution in [3.05, 3.63) is 125 Å². The lowest BCUT2D eigenvalue weighted by Crippen LogP contribution is -2.29. The number of nitrogens with zero attached hydrogens (tertiary/aromatic N) is 1. The van der Waals surface area contributed by atoms with Gasteiger partial charge in [0.1, 0.15) is 29.6 Å². The fourth-order valence-electron chi connectivity index (χ4n) is 4.76. The highest BCUT2D eigenvalue weighted by molar-refractivity contribution is 6.46. The van der Waals surface area contributed by atoms with E-state index in [0.29, 0.717) is 41.6 Å². The van der Waals surface area contributed by atoms with Crippen molar-refractivity contribution in [2.75, 3.05) is 6.61 Å². The number of benzene rings is 3. The van der Waals surface area contributed by atoms with E-state index in [1.54, 1.807) is 48.5 Å². The van der Waals surface area contributed by atoms with Crippen LogP contribution in [0.3, 0.4) is 0 Å². The van der Waals surface area contributed by atoms with Crippen molar-refractivity contribution in [1.29, 1.82) is 0 Å². The predicted molar refractivity (Wildman–Crippen MR) is 151 cm³/mol. The van der Waals surface area contributed by atoms with E-state index in [-0.39, 0.29) is 17.9 Å². The number of hydrogen-bond acceptors (Lipinski definition) is 6. The summed E-state index contributed by atoms with van der Waals surface area (Å²) in [6, 6.07) is 24.8. The van der Waals surface area contributed by atoms with Crippen molar-refractivity contribution in [2.24, 2.45) is 0 Å². The van der Waals surface area contributed by atoms with Crippen LogP contribution >= 0.6 is 0 Å². The molecular weight excluding hydrogens is 506 g/mol. The molecule has 0 radical (unpaired) electrons. The molecule has 7 heteroatoms. The first kappa shape index (κ1) is 26.8. The lowest BCUT2D eigenvalue weighted by Gasteiger charge is -2.24. The van der Waals surface area contributed by atoms with Gasteiger partial charge < -0.3 is 23.9 Å². The number of Topliss-reactive ketones (excluding diaryl/α,β-unsaturated/α-hetero) is 1. The van der Waals surface area contributed by atoms with E-state index >= 15 is 0 Å². The van der Waals surface area contributed by atoms with Crippen molar-refractivity contribution in [3.63, 3.8) is 0 Å². The van der Waals surface area contributed by atoms with E-state index < -0.39 is 17.7 Å². The predicted octanol–water partition coefficient (Wildman–Crippen LogP) is 6.58. The van der Waals surface area contributed by atoms with Gasteiger partial charge in [-0.15, -0.1) is 0 Å². The second kappa shape index (κ2) is 11.9. The minimum absolute atomic E-state index is 0.0206. The van der Waals surface area contributed by atoms with Crippen molar-refractivity contribution >= 4 is 17.4 Å². The number of hydrogen-bond donors (Lipinski definition) is 1. The Balaban J connectivity index is 1.45. The van der Waals surface area contributed by atoms with E-state index in [0.717, 1.165) is 17.5 Å². The third-order valence-corrected chi connectivity index (χ3v) is 6.73. The molecule has 1 fully saturated rings. The number of rotatable bonds is 10. The molecule has 3 aromatic carbocycles. The van der Waals surface area contributed by atoms with Crippen LogP contribution in [0.4, 0.5) is 0 Å². The lowest BCUT2D eigenvalue weighted by atomic mass is 9.95. The Morgan fingerprint density at radius 2 is 1.65 bits per heavy atom. The van der Waals surface area contributed by atoms with E-state index in [4.69, 9.17) is 13.9 Å². The van der Waals surface area contributed by atoms with Gasteiger partial charge in [-0.05, 0) is 73.0 Å². The van der Waals surface area contributed by atoms with Crippen LogP contribution in [0.1, 0.15) is 47.4 Å². The van der Waals surface area contributed by atoms with Crippen LogP contribution in [0.25, 0.3) is 5.76 Å². The Hall–Kier alpha value is -4.78. The number of amides is 1. The van der Waals surface area contributed by atoms with Gasteiger partial charge in [0.2, 0.25) is 0 Å². The molecule has 1 aliphatic rings. The number of furan rings is 1. The van der Waals surface area contributed by atoms with E-state index in [1.807, 2.05) is 44.2 Å². The average molecular weight is 538 g/mol.